The summed E-state index contributed by atoms with van der Waals surface area (Å²) in [6, 6.07) is 0. The first-order valence-corrected chi connectivity index (χ1v) is 6.35. The molecule has 0 aromatic heterocycles. The van der Waals surface area contributed by atoms with Crippen molar-refractivity contribution in [1.29, 1.82) is 0 Å². The molecule has 5 N–H and O–H groups in total. The monoisotopic (exact) mass is 276 g/mol. The van der Waals surface area contributed by atoms with E-state index in [2.05, 4.69) is 15.4 Å². The predicted molar refractivity (Wildman–Crippen MR) is 54.2 cm³/mol. The summed E-state index contributed by atoms with van der Waals surface area (Å²) in [6.07, 6.45) is -7.57. The molecular formula is C6H12O8S2. The molecule has 10 heteroatoms. The van der Waals surface area contributed by atoms with Crippen LogP contribution in [0.25, 0.3) is 0 Å². The predicted octanol–water partition coefficient (Wildman–Crippen LogP) is -3.22. The second-order valence-corrected chi connectivity index (χ2v) is 5.17. The minimum atomic E-state index is -4.16. The maximum Gasteiger partial charge on any atom is 0.267 e. The molecule has 0 saturated carbocycles. The van der Waals surface area contributed by atoms with E-state index in [-0.39, 0.29) is 6.29 Å². The van der Waals surface area contributed by atoms with E-state index >= 15 is 0 Å². The molecule has 0 aromatic rings. The number of aliphatic hydroxyl groups excluding tert-OH is 4. The second-order valence-electron chi connectivity index (χ2n) is 2.86. The van der Waals surface area contributed by atoms with Gasteiger partial charge in [-0.1, -0.05) is 0 Å². The Labute approximate surface area is 96.2 Å². The lowest BCUT2D eigenvalue weighted by molar-refractivity contribution is -0.132. The molecule has 5 atom stereocenters. The van der Waals surface area contributed by atoms with Crippen molar-refractivity contribution in [1.82, 2.24) is 0 Å². The summed E-state index contributed by atoms with van der Waals surface area (Å²) in [5.41, 5.74) is 0. The van der Waals surface area contributed by atoms with Crippen LogP contribution in [0.1, 0.15) is 0 Å². The fourth-order valence-corrected chi connectivity index (χ4v) is 1.54. The molecule has 0 aromatic carbocycles. The number of aldehydes is 1. The molecule has 0 spiro atoms. The van der Waals surface area contributed by atoms with E-state index < -0.39 is 40.1 Å². The van der Waals surface area contributed by atoms with Gasteiger partial charge in [-0.3, -0.25) is 8.74 Å². The SMILES string of the molecule is O=C[C@H](OS(=O)(O)=S)[C@@H](O)[C@H](O)[C@H](O)CO. The van der Waals surface area contributed by atoms with Crippen LogP contribution < -0.4 is 0 Å². The second kappa shape index (κ2) is 6.51. The average molecular weight is 276 g/mol. The highest BCUT2D eigenvalue weighted by molar-refractivity contribution is 8.27. The van der Waals surface area contributed by atoms with Gasteiger partial charge in [0.15, 0.2) is 12.4 Å². The fourth-order valence-electron chi connectivity index (χ4n) is 0.830. The van der Waals surface area contributed by atoms with E-state index in [1.807, 2.05) is 0 Å². The van der Waals surface area contributed by atoms with E-state index in [9.17, 15) is 19.2 Å². The molecule has 0 aliphatic carbocycles. The van der Waals surface area contributed by atoms with Gasteiger partial charge in [0.05, 0.1) is 6.61 Å². The van der Waals surface area contributed by atoms with Crippen LogP contribution in [0.2, 0.25) is 0 Å². The first kappa shape index (κ1) is 15.8. The Morgan fingerprint density at radius 3 is 2.12 bits per heavy atom. The topological polar surface area (TPSA) is 145 Å². The van der Waals surface area contributed by atoms with Crippen LogP contribution in [0.4, 0.5) is 0 Å². The normalized spacial score (nSPS) is 22.8. The quantitative estimate of drug-likeness (QED) is 0.303. The number of hydrogen-bond donors (Lipinski definition) is 5. The Hall–Kier alpha value is -0.200. The minimum Gasteiger partial charge on any atom is -0.394 e. The number of hydrogen-bond acceptors (Lipinski definition) is 8. The molecule has 16 heavy (non-hydrogen) atoms. The van der Waals surface area contributed by atoms with Crippen molar-refractivity contribution in [3.05, 3.63) is 0 Å². The van der Waals surface area contributed by atoms with E-state index in [0.717, 1.165) is 0 Å². The van der Waals surface area contributed by atoms with Crippen molar-refractivity contribution >= 4 is 26.5 Å². The van der Waals surface area contributed by atoms with Crippen LogP contribution in [0.3, 0.4) is 0 Å². The Balaban J connectivity index is 4.65. The average Bonchev–Trinajstić information content (AvgIpc) is 2.21. The number of rotatable bonds is 7. The lowest BCUT2D eigenvalue weighted by Crippen LogP contribution is -2.47. The van der Waals surface area contributed by atoms with Crippen molar-refractivity contribution in [3.8, 4) is 0 Å². The molecule has 0 heterocycles. The highest BCUT2D eigenvalue weighted by Crippen LogP contribution is 2.08. The van der Waals surface area contributed by atoms with Gasteiger partial charge in [0.1, 0.15) is 18.3 Å². The molecule has 0 aliphatic heterocycles. The van der Waals surface area contributed by atoms with Gasteiger partial charge in [-0.05, 0) is 0 Å². The molecule has 8 nitrogen and oxygen atoms in total. The molecule has 0 bridgehead atoms. The summed E-state index contributed by atoms with van der Waals surface area (Å²) < 4.78 is 23.3. The highest BCUT2D eigenvalue weighted by atomic mass is 32.9. The maximum atomic E-state index is 10.6. The first-order valence-electron chi connectivity index (χ1n) is 3.99. The number of carbonyl (C=O) groups is 1. The van der Waals surface area contributed by atoms with Crippen LogP contribution in [0, 0.1) is 0 Å². The summed E-state index contributed by atoms with van der Waals surface area (Å²) in [4.78, 5) is 10.4. The summed E-state index contributed by atoms with van der Waals surface area (Å²) in [7, 11) is -4.16. The fraction of sp³-hybridized carbons (Fsp3) is 0.833. The maximum absolute atomic E-state index is 10.6. The van der Waals surface area contributed by atoms with Crippen molar-refractivity contribution in [2.75, 3.05) is 6.61 Å². The molecule has 96 valence electrons. The molecule has 0 fully saturated rings. The summed E-state index contributed by atoms with van der Waals surface area (Å²) in [5, 5.41) is 35.9. The molecule has 0 aliphatic rings. The van der Waals surface area contributed by atoms with Crippen LogP contribution >= 0.6 is 0 Å². The van der Waals surface area contributed by atoms with E-state index in [0.29, 0.717) is 0 Å². The van der Waals surface area contributed by atoms with Crippen molar-refractivity contribution < 1.29 is 38.2 Å². The van der Waals surface area contributed by atoms with Crippen LogP contribution in [0.5, 0.6) is 0 Å². The number of aliphatic hydroxyl groups is 4. The Kier molecular flexibility index (Phi) is 6.43. The molecule has 0 radical (unpaired) electrons. The molecule has 0 amide bonds. The highest BCUT2D eigenvalue weighted by Gasteiger charge is 2.33. The molecule has 0 rings (SSSR count). The van der Waals surface area contributed by atoms with Gasteiger partial charge >= 0.3 is 0 Å². The zero-order chi connectivity index (χ0) is 12.9. The van der Waals surface area contributed by atoms with Crippen LogP contribution in [-0.4, -0.2) is 66.5 Å². The van der Waals surface area contributed by atoms with Crippen molar-refractivity contribution in [2.24, 2.45) is 0 Å². The van der Waals surface area contributed by atoms with Gasteiger partial charge in [-0.2, -0.15) is 4.21 Å². The summed E-state index contributed by atoms with van der Waals surface area (Å²) in [5.74, 6) is 0. The summed E-state index contributed by atoms with van der Waals surface area (Å²) in [6.45, 7) is -0.869. The Morgan fingerprint density at radius 2 is 1.81 bits per heavy atom. The van der Waals surface area contributed by atoms with Crippen LogP contribution in [0.15, 0.2) is 0 Å². The minimum absolute atomic E-state index is 0.0554. The number of carbonyl (C=O) groups excluding carboxylic acids is 1. The molecular weight excluding hydrogens is 264 g/mol. The van der Waals surface area contributed by atoms with E-state index in [1.54, 1.807) is 0 Å². The zero-order valence-corrected chi connectivity index (χ0v) is 9.50. The van der Waals surface area contributed by atoms with E-state index in [4.69, 9.17) is 14.8 Å². The lowest BCUT2D eigenvalue weighted by atomic mass is 10.0. The third-order valence-electron chi connectivity index (χ3n) is 1.63. The lowest BCUT2D eigenvalue weighted by Gasteiger charge is -2.24. The van der Waals surface area contributed by atoms with Gasteiger partial charge in [0.2, 0.25) is 0 Å². The van der Waals surface area contributed by atoms with Gasteiger partial charge in [0, 0.05) is 11.2 Å². The Bertz CT molecular complexity index is 314. The molecule has 0 saturated heterocycles. The largest absolute Gasteiger partial charge is 0.394 e. The smallest absolute Gasteiger partial charge is 0.267 e. The van der Waals surface area contributed by atoms with Crippen LogP contribution in [-0.2, 0) is 29.2 Å². The van der Waals surface area contributed by atoms with E-state index in [1.165, 1.54) is 0 Å². The third-order valence-corrected chi connectivity index (χ3v) is 2.34. The third kappa shape index (κ3) is 5.23. The standard InChI is InChI=1S/C6H12O8S2/c7-1-3(9)5(10)6(11)4(2-8)14-16(12,13)15/h2-7,9-11H,1H2,(H,12,13,15)/t3-,4+,5-,6-/m1/s1. The van der Waals surface area contributed by atoms with Gasteiger partial charge in [-0.15, -0.1) is 0 Å². The first-order chi connectivity index (χ1) is 7.22. The van der Waals surface area contributed by atoms with Crippen molar-refractivity contribution in [2.45, 2.75) is 24.4 Å². The Morgan fingerprint density at radius 1 is 1.31 bits per heavy atom. The van der Waals surface area contributed by atoms with Crippen molar-refractivity contribution in [3.63, 3.8) is 0 Å². The molecule has 1 unspecified atom stereocenters. The van der Waals surface area contributed by atoms with Gasteiger partial charge in [0.25, 0.3) is 9.05 Å². The van der Waals surface area contributed by atoms with Gasteiger partial charge < -0.3 is 25.2 Å². The zero-order valence-electron chi connectivity index (χ0n) is 7.87. The van der Waals surface area contributed by atoms with Gasteiger partial charge in [-0.25, -0.2) is 0 Å². The summed E-state index contributed by atoms with van der Waals surface area (Å²) >= 11 is 3.92.